The van der Waals surface area contributed by atoms with E-state index in [-0.39, 0.29) is 11.5 Å². The molecule has 1 aromatic heterocycles. The summed E-state index contributed by atoms with van der Waals surface area (Å²) < 4.78 is 53.0. The van der Waals surface area contributed by atoms with E-state index in [0.29, 0.717) is 5.56 Å². The van der Waals surface area contributed by atoms with Gasteiger partial charge in [-0.3, -0.25) is 4.98 Å². The van der Waals surface area contributed by atoms with Gasteiger partial charge in [-0.25, -0.2) is 17.6 Å². The Bertz CT molecular complexity index is 665. The van der Waals surface area contributed by atoms with Gasteiger partial charge in [0, 0.05) is 24.2 Å². The average Bonchev–Trinajstić information content (AvgIpc) is 2.46. The number of nitrogens with zero attached hydrogens (tertiary/aromatic N) is 1. The molecule has 0 amide bonds. The Morgan fingerprint density at radius 3 is 2.43 bits per heavy atom. The molecule has 0 aliphatic heterocycles. The topological polar surface area (TPSA) is 12.9 Å². The largest absolute Gasteiger partial charge is 0.272 e. The van der Waals surface area contributed by atoms with E-state index in [9.17, 15) is 17.6 Å². The molecule has 0 radical (unpaired) electrons. The van der Waals surface area contributed by atoms with E-state index >= 15 is 0 Å². The Kier molecular flexibility index (Phi) is 5.07. The summed E-state index contributed by atoms with van der Waals surface area (Å²) in [6.07, 6.45) is -1.95. The van der Waals surface area contributed by atoms with E-state index in [2.05, 4.69) is 4.98 Å². The third-order valence-corrected chi connectivity index (χ3v) is 3.86. The van der Waals surface area contributed by atoms with E-state index < -0.39 is 24.3 Å². The van der Waals surface area contributed by atoms with Crippen molar-refractivity contribution in [2.24, 2.45) is 0 Å². The van der Waals surface area contributed by atoms with Gasteiger partial charge in [0.1, 0.15) is 5.82 Å². The van der Waals surface area contributed by atoms with Crippen LogP contribution in [0.25, 0.3) is 0 Å². The van der Waals surface area contributed by atoms with Gasteiger partial charge in [0.25, 0.3) is 6.43 Å². The molecule has 0 bridgehead atoms. The van der Waals surface area contributed by atoms with Gasteiger partial charge in [0.05, 0.1) is 0 Å². The van der Waals surface area contributed by atoms with E-state index in [4.69, 9.17) is 0 Å². The van der Waals surface area contributed by atoms with Crippen LogP contribution >= 0.6 is 0 Å². The number of aryl methyl sites for hydroxylation is 1. The van der Waals surface area contributed by atoms with Gasteiger partial charge in [0.2, 0.25) is 0 Å². The summed E-state index contributed by atoms with van der Waals surface area (Å²) in [6.45, 7) is 4.58. The van der Waals surface area contributed by atoms with Crippen molar-refractivity contribution in [3.63, 3.8) is 0 Å². The zero-order valence-corrected chi connectivity index (χ0v) is 13.3. The first-order chi connectivity index (χ1) is 10.7. The maximum Gasteiger partial charge on any atom is 0.272 e. The van der Waals surface area contributed by atoms with Crippen molar-refractivity contribution in [2.75, 3.05) is 0 Å². The number of rotatable bonds is 5. The molecule has 0 spiro atoms. The Morgan fingerprint density at radius 2 is 1.87 bits per heavy atom. The van der Waals surface area contributed by atoms with Gasteiger partial charge in [-0.1, -0.05) is 19.1 Å². The van der Waals surface area contributed by atoms with Crippen LogP contribution < -0.4 is 0 Å². The molecule has 1 heterocycles. The monoisotopic (exact) mass is 325 g/mol. The highest BCUT2D eigenvalue weighted by Gasteiger charge is 2.35. The Labute approximate surface area is 133 Å². The molecule has 124 valence electrons. The Morgan fingerprint density at radius 1 is 1.17 bits per heavy atom. The van der Waals surface area contributed by atoms with Crippen LogP contribution in [0.3, 0.4) is 0 Å². The van der Waals surface area contributed by atoms with Crippen LogP contribution in [-0.2, 0) is 6.42 Å². The van der Waals surface area contributed by atoms with Crippen LogP contribution in [0.1, 0.15) is 42.1 Å². The maximum absolute atomic E-state index is 13.8. The molecule has 0 aliphatic carbocycles. The first-order valence-electron chi connectivity index (χ1n) is 7.38. The molecule has 2 rings (SSSR count). The van der Waals surface area contributed by atoms with Crippen LogP contribution in [0.15, 0.2) is 36.5 Å². The lowest BCUT2D eigenvalue weighted by Gasteiger charge is -2.20. The van der Waals surface area contributed by atoms with E-state index in [0.717, 1.165) is 24.2 Å². The number of aromatic nitrogens is 1. The minimum absolute atomic E-state index is 0.212. The Balaban J connectivity index is 2.31. The highest BCUT2D eigenvalue weighted by molar-refractivity contribution is 5.33. The van der Waals surface area contributed by atoms with Gasteiger partial charge in [-0.05, 0) is 48.7 Å². The number of benzene rings is 1. The van der Waals surface area contributed by atoms with Gasteiger partial charge in [-0.15, -0.1) is 0 Å². The average molecular weight is 325 g/mol. The lowest BCUT2D eigenvalue weighted by Crippen LogP contribution is -2.30. The zero-order valence-electron chi connectivity index (χ0n) is 13.3. The third-order valence-electron chi connectivity index (χ3n) is 3.86. The molecule has 2 aromatic rings. The summed E-state index contributed by atoms with van der Waals surface area (Å²) in [4.78, 5) is 4.30. The van der Waals surface area contributed by atoms with Crippen molar-refractivity contribution in [3.05, 3.63) is 64.7 Å². The molecular formula is C18H19F4N. The number of hydrogen-bond acceptors (Lipinski definition) is 1. The second-order valence-corrected chi connectivity index (χ2v) is 6.13. The maximum atomic E-state index is 13.8. The molecule has 1 unspecified atom stereocenters. The second kappa shape index (κ2) is 6.69. The lowest BCUT2D eigenvalue weighted by molar-refractivity contribution is -0.0216. The molecule has 0 saturated carbocycles. The van der Waals surface area contributed by atoms with Crippen molar-refractivity contribution < 1.29 is 17.6 Å². The first kappa shape index (κ1) is 17.4. The van der Waals surface area contributed by atoms with Crippen LogP contribution in [0, 0.1) is 12.7 Å². The number of pyridine rings is 1. The smallest absolute Gasteiger partial charge is 0.260 e. The molecular weight excluding hydrogens is 306 g/mol. The minimum atomic E-state index is -3.12. The standard InChI is InChI=1S/C18H19F4N/c1-11-4-5-16(23-10-11)12(2)14-6-13(7-15(19)8-14)9-18(3,22)17(20)21/h4-8,10,12,17H,9H2,1-3H3/t12-,18?/m0/s1. The van der Waals surface area contributed by atoms with Gasteiger partial charge in [-0.2, -0.15) is 0 Å². The molecule has 1 aromatic carbocycles. The van der Waals surface area contributed by atoms with Gasteiger partial charge >= 0.3 is 0 Å². The molecule has 0 N–H and O–H groups in total. The fourth-order valence-corrected chi connectivity index (χ4v) is 2.41. The van der Waals surface area contributed by atoms with E-state index in [1.807, 2.05) is 26.0 Å². The summed E-state index contributed by atoms with van der Waals surface area (Å²) in [5.41, 5.74) is -0.142. The summed E-state index contributed by atoms with van der Waals surface area (Å²) >= 11 is 0. The quantitative estimate of drug-likeness (QED) is 0.687. The molecule has 1 nitrogen and oxygen atoms in total. The van der Waals surface area contributed by atoms with Crippen molar-refractivity contribution in [1.82, 2.24) is 4.98 Å². The van der Waals surface area contributed by atoms with Gasteiger partial charge < -0.3 is 0 Å². The van der Waals surface area contributed by atoms with E-state index in [1.165, 1.54) is 6.07 Å². The summed E-state index contributed by atoms with van der Waals surface area (Å²) in [6, 6.07) is 7.72. The lowest BCUT2D eigenvalue weighted by atomic mass is 9.91. The summed E-state index contributed by atoms with van der Waals surface area (Å²) in [5.74, 6) is -0.788. The minimum Gasteiger partial charge on any atom is -0.260 e. The summed E-state index contributed by atoms with van der Waals surface area (Å²) in [7, 11) is 0. The van der Waals surface area contributed by atoms with Crippen molar-refractivity contribution in [1.29, 1.82) is 0 Å². The molecule has 0 saturated heterocycles. The van der Waals surface area contributed by atoms with Crippen LogP contribution in [0.5, 0.6) is 0 Å². The molecule has 0 fully saturated rings. The highest BCUT2D eigenvalue weighted by Crippen LogP contribution is 2.29. The predicted molar refractivity (Wildman–Crippen MR) is 82.1 cm³/mol. The fraction of sp³-hybridized carbons (Fsp3) is 0.389. The first-order valence-corrected chi connectivity index (χ1v) is 7.38. The number of halogens is 4. The number of hydrogen-bond donors (Lipinski definition) is 0. The molecule has 0 aliphatic rings. The highest BCUT2D eigenvalue weighted by atomic mass is 19.3. The molecule has 2 atom stereocenters. The summed E-state index contributed by atoms with van der Waals surface area (Å²) in [5, 5.41) is 0. The van der Waals surface area contributed by atoms with Crippen LogP contribution in [0.2, 0.25) is 0 Å². The zero-order chi connectivity index (χ0) is 17.2. The van der Waals surface area contributed by atoms with Crippen molar-refractivity contribution in [2.45, 2.75) is 45.2 Å². The van der Waals surface area contributed by atoms with Gasteiger partial charge in [0.15, 0.2) is 5.67 Å². The van der Waals surface area contributed by atoms with Crippen LogP contribution in [0.4, 0.5) is 17.6 Å². The fourth-order valence-electron chi connectivity index (χ4n) is 2.41. The molecule has 23 heavy (non-hydrogen) atoms. The SMILES string of the molecule is Cc1ccc([C@@H](C)c2cc(F)cc(CC(C)(F)C(F)F)c2)nc1. The number of alkyl halides is 3. The van der Waals surface area contributed by atoms with Crippen LogP contribution in [-0.4, -0.2) is 17.1 Å². The second-order valence-electron chi connectivity index (χ2n) is 6.13. The third kappa shape index (κ3) is 4.30. The van der Waals surface area contributed by atoms with E-state index in [1.54, 1.807) is 12.3 Å². The molecule has 5 heteroatoms. The Hall–Kier alpha value is -1.91. The van der Waals surface area contributed by atoms with Crippen molar-refractivity contribution in [3.8, 4) is 0 Å². The predicted octanol–water partition coefficient (Wildman–Crippen LogP) is 5.22. The van der Waals surface area contributed by atoms with Crippen molar-refractivity contribution >= 4 is 0 Å². The normalized spacial score (nSPS) is 15.5.